The molecule has 0 spiro atoms. The van der Waals surface area contributed by atoms with Crippen LogP contribution in [-0.4, -0.2) is 22.8 Å². The van der Waals surface area contributed by atoms with Gasteiger partial charge < -0.3 is 5.32 Å². The Balaban J connectivity index is 1.49. The van der Waals surface area contributed by atoms with Crippen LogP contribution in [0.3, 0.4) is 0 Å². The lowest BCUT2D eigenvalue weighted by Gasteiger charge is -2.16. The molecule has 0 atom stereocenters. The first kappa shape index (κ1) is 19.9. The number of anilines is 2. The summed E-state index contributed by atoms with van der Waals surface area (Å²) in [5.41, 5.74) is 2.14. The molecule has 4 rings (SSSR count). The average molecular weight is 480 g/mol. The quantitative estimate of drug-likeness (QED) is 0.430. The van der Waals surface area contributed by atoms with Crippen LogP contribution in [0, 0.1) is 0 Å². The number of imide groups is 1. The van der Waals surface area contributed by atoms with Gasteiger partial charge in [-0.1, -0.05) is 40.2 Å². The highest BCUT2D eigenvalue weighted by atomic mass is 79.9. The minimum Gasteiger partial charge on any atom is -0.332 e. The van der Waals surface area contributed by atoms with E-state index in [2.05, 4.69) is 26.6 Å². The third-order valence-electron chi connectivity index (χ3n) is 4.47. The summed E-state index contributed by atoms with van der Waals surface area (Å²) in [7, 11) is 0. The Kier molecular flexibility index (Phi) is 5.43. The second kappa shape index (κ2) is 8.17. The molecule has 0 aliphatic carbocycles. The molecule has 0 bridgehead atoms. The lowest BCUT2D eigenvalue weighted by Crippen LogP contribution is -2.34. The Labute approximate surface area is 186 Å². The highest BCUT2D eigenvalue weighted by Crippen LogP contribution is 2.29. The molecule has 3 aromatic carbocycles. The molecule has 0 aromatic heterocycles. The predicted molar refractivity (Wildman–Crippen MR) is 122 cm³/mol. The summed E-state index contributed by atoms with van der Waals surface area (Å²) in [5.74, 6) is -1.11. The number of hydrogen-bond acceptors (Lipinski definition) is 4. The van der Waals surface area contributed by atoms with Crippen molar-refractivity contribution in [1.29, 1.82) is 0 Å². The molecule has 1 aliphatic heterocycles. The normalized spacial score (nSPS) is 12.5. The van der Waals surface area contributed by atoms with Gasteiger partial charge in [0.05, 0.1) is 16.8 Å². The smallest absolute Gasteiger partial charge is 0.266 e. The van der Waals surface area contributed by atoms with E-state index in [1.807, 2.05) is 6.07 Å². The van der Waals surface area contributed by atoms with Gasteiger partial charge in [0.2, 0.25) is 0 Å². The molecule has 1 heterocycles. The SMILES string of the molecule is O=C(NC(=S)Nc1cccc(N2C(=O)c3ccccc3C2=O)c1)c1cccc(Br)c1. The first-order chi connectivity index (χ1) is 14.4. The number of carbonyl (C=O) groups is 3. The molecule has 2 N–H and O–H groups in total. The molecule has 6 nitrogen and oxygen atoms in total. The van der Waals surface area contributed by atoms with Crippen LogP contribution in [0.5, 0.6) is 0 Å². The lowest BCUT2D eigenvalue weighted by atomic mass is 10.1. The monoisotopic (exact) mass is 479 g/mol. The minimum atomic E-state index is -0.377. The van der Waals surface area contributed by atoms with Crippen molar-refractivity contribution >= 4 is 62.4 Å². The van der Waals surface area contributed by atoms with Gasteiger partial charge in [-0.2, -0.15) is 0 Å². The molecule has 3 aromatic rings. The Hall–Kier alpha value is -3.36. The largest absolute Gasteiger partial charge is 0.332 e. The first-order valence-corrected chi connectivity index (χ1v) is 10.1. The lowest BCUT2D eigenvalue weighted by molar-refractivity contribution is 0.0924. The summed E-state index contributed by atoms with van der Waals surface area (Å²) in [4.78, 5) is 38.8. The van der Waals surface area contributed by atoms with Gasteiger partial charge in [-0.25, -0.2) is 4.90 Å². The van der Waals surface area contributed by atoms with Crippen LogP contribution in [-0.2, 0) is 0 Å². The van der Waals surface area contributed by atoms with Crippen molar-refractivity contribution in [3.63, 3.8) is 0 Å². The van der Waals surface area contributed by atoms with Crippen molar-refractivity contribution in [3.05, 3.63) is 94.0 Å². The highest BCUT2D eigenvalue weighted by molar-refractivity contribution is 9.10. The molecule has 0 saturated carbocycles. The number of halogens is 1. The molecule has 3 amide bonds. The van der Waals surface area contributed by atoms with Gasteiger partial charge >= 0.3 is 0 Å². The van der Waals surface area contributed by atoms with Crippen molar-refractivity contribution in [2.24, 2.45) is 0 Å². The maximum Gasteiger partial charge on any atom is 0.266 e. The van der Waals surface area contributed by atoms with Gasteiger partial charge in [-0.05, 0) is 60.7 Å². The van der Waals surface area contributed by atoms with E-state index < -0.39 is 0 Å². The number of rotatable bonds is 3. The van der Waals surface area contributed by atoms with E-state index in [0.717, 1.165) is 9.37 Å². The second-order valence-electron chi connectivity index (χ2n) is 6.46. The summed E-state index contributed by atoms with van der Waals surface area (Å²) < 4.78 is 0.780. The summed E-state index contributed by atoms with van der Waals surface area (Å²) in [5, 5.41) is 5.61. The van der Waals surface area contributed by atoms with Crippen LogP contribution in [0.1, 0.15) is 31.1 Å². The van der Waals surface area contributed by atoms with Gasteiger partial charge in [0.1, 0.15) is 0 Å². The summed E-state index contributed by atoms with van der Waals surface area (Å²) in [6, 6.07) is 20.3. The van der Waals surface area contributed by atoms with Crippen LogP contribution in [0.2, 0.25) is 0 Å². The number of nitrogens with one attached hydrogen (secondary N) is 2. The molecule has 0 unspecified atom stereocenters. The molecular formula is C22H14BrN3O3S. The Bertz CT molecular complexity index is 1180. The van der Waals surface area contributed by atoms with Gasteiger partial charge in [0, 0.05) is 15.7 Å². The van der Waals surface area contributed by atoms with Gasteiger partial charge in [-0.15, -0.1) is 0 Å². The first-order valence-electron chi connectivity index (χ1n) is 8.90. The number of carbonyl (C=O) groups excluding carboxylic acids is 3. The van der Waals surface area contributed by atoms with Crippen molar-refractivity contribution in [1.82, 2.24) is 5.32 Å². The van der Waals surface area contributed by atoms with Crippen LogP contribution in [0.4, 0.5) is 11.4 Å². The highest BCUT2D eigenvalue weighted by Gasteiger charge is 2.36. The fourth-order valence-corrected chi connectivity index (χ4v) is 3.72. The third kappa shape index (κ3) is 3.87. The van der Waals surface area contributed by atoms with Crippen molar-refractivity contribution < 1.29 is 14.4 Å². The Morgan fingerprint density at radius 3 is 2.20 bits per heavy atom. The fourth-order valence-electron chi connectivity index (χ4n) is 3.11. The van der Waals surface area contributed by atoms with Crippen molar-refractivity contribution in [2.45, 2.75) is 0 Å². The van der Waals surface area contributed by atoms with E-state index in [1.165, 1.54) is 0 Å². The zero-order valence-electron chi connectivity index (χ0n) is 15.4. The van der Waals surface area contributed by atoms with Crippen LogP contribution in [0.15, 0.2) is 77.3 Å². The number of thiocarbonyl (C=S) groups is 1. The average Bonchev–Trinajstić information content (AvgIpc) is 2.99. The van der Waals surface area contributed by atoms with E-state index >= 15 is 0 Å². The van der Waals surface area contributed by atoms with E-state index in [0.29, 0.717) is 28.1 Å². The van der Waals surface area contributed by atoms with Gasteiger partial charge in [0.25, 0.3) is 17.7 Å². The van der Waals surface area contributed by atoms with Crippen molar-refractivity contribution in [2.75, 3.05) is 10.2 Å². The fraction of sp³-hybridized carbons (Fsp3) is 0. The molecule has 0 saturated heterocycles. The van der Waals surface area contributed by atoms with Crippen LogP contribution >= 0.6 is 28.1 Å². The molecule has 1 aliphatic rings. The number of benzene rings is 3. The molecular weight excluding hydrogens is 466 g/mol. The molecule has 0 radical (unpaired) electrons. The zero-order valence-corrected chi connectivity index (χ0v) is 17.8. The molecule has 30 heavy (non-hydrogen) atoms. The predicted octanol–water partition coefficient (Wildman–Crippen LogP) is 4.38. The number of hydrogen-bond donors (Lipinski definition) is 2. The summed E-state index contributed by atoms with van der Waals surface area (Å²) in [6.45, 7) is 0. The van der Waals surface area contributed by atoms with Gasteiger partial charge in [0.15, 0.2) is 5.11 Å². The summed E-state index contributed by atoms with van der Waals surface area (Å²) >= 11 is 8.55. The van der Waals surface area contributed by atoms with E-state index in [9.17, 15) is 14.4 Å². The summed E-state index contributed by atoms with van der Waals surface area (Å²) in [6.07, 6.45) is 0. The van der Waals surface area contributed by atoms with Crippen LogP contribution < -0.4 is 15.5 Å². The topological polar surface area (TPSA) is 78.5 Å². The van der Waals surface area contributed by atoms with E-state index in [-0.39, 0.29) is 22.8 Å². The molecule has 148 valence electrons. The van der Waals surface area contributed by atoms with E-state index in [4.69, 9.17) is 12.2 Å². The van der Waals surface area contributed by atoms with Crippen molar-refractivity contribution in [3.8, 4) is 0 Å². The van der Waals surface area contributed by atoms with Crippen LogP contribution in [0.25, 0.3) is 0 Å². The maximum atomic E-state index is 12.7. The number of fused-ring (bicyclic) bond motifs is 1. The van der Waals surface area contributed by atoms with Gasteiger partial charge in [-0.3, -0.25) is 19.7 Å². The minimum absolute atomic E-state index is 0.0967. The number of nitrogens with zero attached hydrogens (tertiary/aromatic N) is 1. The Morgan fingerprint density at radius 1 is 0.867 bits per heavy atom. The molecule has 0 fully saturated rings. The zero-order chi connectivity index (χ0) is 21.3. The Morgan fingerprint density at radius 2 is 1.53 bits per heavy atom. The number of amides is 3. The molecule has 8 heteroatoms. The maximum absolute atomic E-state index is 12.7. The third-order valence-corrected chi connectivity index (χ3v) is 5.17. The second-order valence-corrected chi connectivity index (χ2v) is 7.78. The van der Waals surface area contributed by atoms with E-state index in [1.54, 1.807) is 66.7 Å². The standard InChI is InChI=1S/C22H14BrN3O3S/c23-14-6-3-5-13(11-14)19(27)25-22(30)24-15-7-4-8-16(12-15)26-20(28)17-9-1-2-10-18(17)21(26)29/h1-12H,(H2,24,25,27,30).